The third-order valence-corrected chi connectivity index (χ3v) is 2.27. The molecule has 90 valence electrons. The van der Waals surface area contributed by atoms with E-state index in [2.05, 4.69) is 39.8 Å². The minimum absolute atomic E-state index is 0.0310. The molecule has 4 N–H and O–H groups in total. The van der Waals surface area contributed by atoms with Gasteiger partial charge in [0.1, 0.15) is 0 Å². The fourth-order valence-corrected chi connectivity index (χ4v) is 1.67. The molecule has 0 aliphatic heterocycles. The van der Waals surface area contributed by atoms with E-state index in [4.69, 9.17) is 5.73 Å². The van der Waals surface area contributed by atoms with Crippen molar-refractivity contribution in [3.05, 3.63) is 5.82 Å². The molecule has 0 saturated carbocycles. The molecule has 0 spiro atoms. The Morgan fingerprint density at radius 1 is 1.62 bits per heavy atom. The minimum Gasteiger partial charge on any atom is -0.343 e. The van der Waals surface area contributed by atoms with Gasteiger partial charge >= 0.3 is 0 Å². The molecule has 1 heterocycles. The van der Waals surface area contributed by atoms with Crippen LogP contribution >= 0.6 is 0 Å². The van der Waals surface area contributed by atoms with Crippen LogP contribution in [0.5, 0.6) is 0 Å². The quantitative estimate of drug-likeness (QED) is 0.638. The summed E-state index contributed by atoms with van der Waals surface area (Å²) in [6, 6.07) is 0. The average Bonchev–Trinajstić information content (AvgIpc) is 2.69. The zero-order chi connectivity index (χ0) is 12.2. The molecular weight excluding hydrogens is 208 g/mol. The van der Waals surface area contributed by atoms with E-state index in [-0.39, 0.29) is 11.7 Å². The summed E-state index contributed by atoms with van der Waals surface area (Å²) >= 11 is 0. The first-order valence-electron chi connectivity index (χ1n) is 5.23. The van der Waals surface area contributed by atoms with Crippen molar-refractivity contribution in [3.63, 3.8) is 0 Å². The molecule has 1 amide bonds. The molecule has 1 aromatic rings. The van der Waals surface area contributed by atoms with Crippen molar-refractivity contribution in [3.8, 4) is 0 Å². The van der Waals surface area contributed by atoms with E-state index in [0.29, 0.717) is 12.5 Å². The lowest BCUT2D eigenvalue weighted by Gasteiger charge is -2.30. The van der Waals surface area contributed by atoms with Crippen molar-refractivity contribution in [2.24, 2.45) is 11.7 Å². The van der Waals surface area contributed by atoms with Crippen LogP contribution in [0.4, 0.5) is 0 Å². The SMILES string of the molecule is CC(C)CC(C)(CN)NC(=O)c1nn[nH]n1. The maximum atomic E-state index is 11.7. The third-order valence-electron chi connectivity index (χ3n) is 2.27. The van der Waals surface area contributed by atoms with Crippen LogP contribution in [0.2, 0.25) is 0 Å². The predicted molar refractivity (Wildman–Crippen MR) is 58.6 cm³/mol. The molecular formula is C9H18N6O. The highest BCUT2D eigenvalue weighted by Gasteiger charge is 2.27. The van der Waals surface area contributed by atoms with Crippen LogP contribution in [0.1, 0.15) is 37.8 Å². The Balaban J connectivity index is 2.66. The van der Waals surface area contributed by atoms with Gasteiger partial charge in [0.25, 0.3) is 11.7 Å². The molecule has 0 radical (unpaired) electrons. The van der Waals surface area contributed by atoms with Gasteiger partial charge in [-0.2, -0.15) is 5.21 Å². The first-order valence-corrected chi connectivity index (χ1v) is 5.23. The first-order chi connectivity index (χ1) is 7.47. The monoisotopic (exact) mass is 226 g/mol. The second kappa shape index (κ2) is 5.02. The van der Waals surface area contributed by atoms with E-state index in [1.54, 1.807) is 0 Å². The van der Waals surface area contributed by atoms with Gasteiger partial charge < -0.3 is 11.1 Å². The first kappa shape index (κ1) is 12.6. The lowest BCUT2D eigenvalue weighted by Crippen LogP contribution is -2.52. The molecule has 0 aliphatic carbocycles. The zero-order valence-electron chi connectivity index (χ0n) is 9.82. The van der Waals surface area contributed by atoms with Crippen LogP contribution in [0.15, 0.2) is 0 Å². The van der Waals surface area contributed by atoms with Crippen molar-refractivity contribution in [1.82, 2.24) is 25.9 Å². The number of aromatic nitrogens is 4. The van der Waals surface area contributed by atoms with Crippen molar-refractivity contribution >= 4 is 5.91 Å². The molecule has 0 saturated heterocycles. The number of H-pyrrole nitrogens is 1. The number of nitrogens with two attached hydrogens (primary N) is 1. The molecule has 7 nitrogen and oxygen atoms in total. The Kier molecular flexibility index (Phi) is 3.94. The van der Waals surface area contributed by atoms with E-state index < -0.39 is 5.54 Å². The summed E-state index contributed by atoms with van der Waals surface area (Å²) in [5.41, 5.74) is 5.24. The van der Waals surface area contributed by atoms with Crippen LogP contribution in [-0.4, -0.2) is 38.6 Å². The Labute approximate surface area is 94.2 Å². The van der Waals surface area contributed by atoms with Gasteiger partial charge in [0.15, 0.2) is 0 Å². The Hall–Kier alpha value is -1.50. The fourth-order valence-electron chi connectivity index (χ4n) is 1.67. The number of aromatic amines is 1. The molecule has 16 heavy (non-hydrogen) atoms. The Morgan fingerprint density at radius 3 is 2.75 bits per heavy atom. The van der Waals surface area contributed by atoms with Gasteiger partial charge in [0, 0.05) is 6.54 Å². The maximum absolute atomic E-state index is 11.7. The largest absolute Gasteiger partial charge is 0.343 e. The van der Waals surface area contributed by atoms with E-state index in [1.165, 1.54) is 0 Å². The van der Waals surface area contributed by atoms with Crippen LogP contribution in [0.3, 0.4) is 0 Å². The lowest BCUT2D eigenvalue weighted by atomic mass is 9.91. The topological polar surface area (TPSA) is 110 Å². The highest BCUT2D eigenvalue weighted by atomic mass is 16.2. The van der Waals surface area contributed by atoms with Crippen LogP contribution in [0.25, 0.3) is 0 Å². The average molecular weight is 226 g/mol. The van der Waals surface area contributed by atoms with E-state index in [9.17, 15) is 4.79 Å². The van der Waals surface area contributed by atoms with Gasteiger partial charge in [-0.15, -0.1) is 10.2 Å². The highest BCUT2D eigenvalue weighted by Crippen LogP contribution is 2.15. The summed E-state index contributed by atoms with van der Waals surface area (Å²) in [6.07, 6.45) is 0.799. The molecule has 0 bridgehead atoms. The summed E-state index contributed by atoms with van der Waals surface area (Å²) in [5, 5.41) is 15.6. The van der Waals surface area contributed by atoms with Gasteiger partial charge in [0.2, 0.25) is 0 Å². The summed E-state index contributed by atoms with van der Waals surface area (Å²) in [7, 11) is 0. The number of tetrazole rings is 1. The number of carbonyl (C=O) groups excluding carboxylic acids is 1. The molecule has 0 fully saturated rings. The van der Waals surface area contributed by atoms with Crippen molar-refractivity contribution in [2.75, 3.05) is 6.54 Å². The van der Waals surface area contributed by atoms with Crippen LogP contribution in [0, 0.1) is 5.92 Å². The number of nitrogens with one attached hydrogen (secondary N) is 2. The highest BCUT2D eigenvalue weighted by molar-refractivity contribution is 5.90. The van der Waals surface area contributed by atoms with Gasteiger partial charge in [-0.1, -0.05) is 13.8 Å². The maximum Gasteiger partial charge on any atom is 0.293 e. The molecule has 1 rings (SSSR count). The molecule has 7 heteroatoms. The van der Waals surface area contributed by atoms with Crippen LogP contribution in [-0.2, 0) is 0 Å². The summed E-state index contributed by atoms with van der Waals surface area (Å²) in [5.74, 6) is 0.116. The van der Waals surface area contributed by atoms with E-state index >= 15 is 0 Å². The van der Waals surface area contributed by atoms with Crippen molar-refractivity contribution < 1.29 is 4.79 Å². The third kappa shape index (κ3) is 3.27. The zero-order valence-corrected chi connectivity index (χ0v) is 9.82. The molecule has 1 unspecified atom stereocenters. The van der Waals surface area contributed by atoms with E-state index in [0.717, 1.165) is 6.42 Å². The molecule has 0 aliphatic rings. The van der Waals surface area contributed by atoms with Gasteiger partial charge in [-0.25, -0.2) is 0 Å². The van der Waals surface area contributed by atoms with E-state index in [1.807, 2.05) is 6.92 Å². The number of rotatable bonds is 5. The van der Waals surface area contributed by atoms with Gasteiger partial charge in [-0.05, 0) is 24.5 Å². The van der Waals surface area contributed by atoms with Crippen molar-refractivity contribution in [1.29, 1.82) is 0 Å². The van der Waals surface area contributed by atoms with Gasteiger partial charge in [0.05, 0.1) is 5.54 Å². The van der Waals surface area contributed by atoms with Crippen LogP contribution < -0.4 is 11.1 Å². The standard InChI is InChI=1S/C9H18N6O/c1-6(2)4-9(3,5-10)11-8(16)7-12-14-15-13-7/h6H,4-5,10H2,1-3H3,(H,11,16)(H,12,13,14,15). The number of hydrogen-bond donors (Lipinski definition) is 3. The number of nitrogens with zero attached hydrogens (tertiary/aromatic N) is 3. The second-order valence-corrected chi connectivity index (χ2v) is 4.55. The number of amides is 1. The Bertz CT molecular complexity index is 336. The fraction of sp³-hybridized carbons (Fsp3) is 0.778. The smallest absolute Gasteiger partial charge is 0.293 e. The normalized spacial score (nSPS) is 14.8. The summed E-state index contributed by atoms with van der Waals surface area (Å²) < 4.78 is 0. The summed E-state index contributed by atoms with van der Waals surface area (Å²) in [6.45, 7) is 6.43. The molecule has 1 atom stereocenters. The van der Waals surface area contributed by atoms with Gasteiger partial charge in [-0.3, -0.25) is 4.79 Å². The Morgan fingerprint density at radius 2 is 2.31 bits per heavy atom. The summed E-state index contributed by atoms with van der Waals surface area (Å²) in [4.78, 5) is 11.7. The minimum atomic E-state index is -0.439. The lowest BCUT2D eigenvalue weighted by molar-refractivity contribution is 0.0887. The second-order valence-electron chi connectivity index (χ2n) is 4.55. The number of carbonyl (C=O) groups is 1. The molecule has 1 aromatic heterocycles. The number of hydrogen-bond acceptors (Lipinski definition) is 5. The van der Waals surface area contributed by atoms with Crippen molar-refractivity contribution in [2.45, 2.75) is 32.7 Å². The molecule has 0 aromatic carbocycles. The predicted octanol–water partition coefficient (Wildman–Crippen LogP) is -0.307.